The monoisotopic (exact) mass is 175 g/mol. The highest BCUT2D eigenvalue weighted by molar-refractivity contribution is 5.73. The molecule has 0 fully saturated rings. The lowest BCUT2D eigenvalue weighted by atomic mass is 10.5. The van der Waals surface area contributed by atoms with Crippen LogP contribution in [0.4, 0.5) is 0 Å². The standard InChI is InChI=1S/C6H13NO.C2H4O2/c1-4-7(5-2)6(3)8;1-2(3)4/h4-5H2,1-3H3;1H3,(H,3,4). The Kier molecular flexibility index (Phi) is 9.06. The van der Waals surface area contributed by atoms with Gasteiger partial charge in [-0.15, -0.1) is 0 Å². The third-order valence-electron chi connectivity index (χ3n) is 1.21. The molecule has 1 amide bonds. The molecule has 0 aromatic rings. The first-order valence-corrected chi connectivity index (χ1v) is 3.90. The molecule has 0 aromatic heterocycles. The van der Waals surface area contributed by atoms with Gasteiger partial charge in [-0.25, -0.2) is 0 Å². The van der Waals surface area contributed by atoms with Crippen LogP contribution < -0.4 is 0 Å². The summed E-state index contributed by atoms with van der Waals surface area (Å²) >= 11 is 0. The number of nitrogens with zero attached hydrogens (tertiary/aromatic N) is 1. The van der Waals surface area contributed by atoms with E-state index in [-0.39, 0.29) is 5.91 Å². The molecule has 0 aliphatic heterocycles. The zero-order valence-corrected chi connectivity index (χ0v) is 8.13. The predicted octanol–water partition coefficient (Wildman–Crippen LogP) is 0.966. The van der Waals surface area contributed by atoms with Gasteiger partial charge in [0.25, 0.3) is 5.97 Å². The van der Waals surface area contributed by atoms with Crippen LogP contribution in [0.25, 0.3) is 0 Å². The number of aliphatic carboxylic acids is 1. The summed E-state index contributed by atoms with van der Waals surface area (Å²) in [6, 6.07) is 0. The number of amides is 1. The molecule has 0 saturated heterocycles. The summed E-state index contributed by atoms with van der Waals surface area (Å²) in [4.78, 5) is 21.3. The lowest BCUT2D eigenvalue weighted by molar-refractivity contribution is -0.134. The second kappa shape index (κ2) is 8.04. The van der Waals surface area contributed by atoms with Gasteiger partial charge in [0.2, 0.25) is 5.91 Å². The van der Waals surface area contributed by atoms with Crippen molar-refractivity contribution in [3.05, 3.63) is 0 Å². The molecular formula is C8H17NO3. The van der Waals surface area contributed by atoms with Crippen molar-refractivity contribution in [3.8, 4) is 0 Å². The van der Waals surface area contributed by atoms with Gasteiger partial charge in [0.1, 0.15) is 0 Å². The molecule has 72 valence electrons. The number of hydrogen-bond donors (Lipinski definition) is 1. The number of rotatable bonds is 2. The van der Waals surface area contributed by atoms with Crippen LogP contribution in [-0.2, 0) is 9.59 Å². The molecule has 0 atom stereocenters. The van der Waals surface area contributed by atoms with Gasteiger partial charge in [-0.2, -0.15) is 0 Å². The van der Waals surface area contributed by atoms with Crippen LogP contribution in [0.5, 0.6) is 0 Å². The van der Waals surface area contributed by atoms with Crippen molar-refractivity contribution in [2.75, 3.05) is 13.1 Å². The summed E-state index contributed by atoms with van der Waals surface area (Å²) in [6.07, 6.45) is 0. The van der Waals surface area contributed by atoms with E-state index in [9.17, 15) is 4.79 Å². The molecule has 1 N–H and O–H groups in total. The van der Waals surface area contributed by atoms with Gasteiger partial charge in [0, 0.05) is 26.9 Å². The summed E-state index contributed by atoms with van der Waals surface area (Å²) in [7, 11) is 0. The van der Waals surface area contributed by atoms with Gasteiger partial charge in [-0.05, 0) is 13.8 Å². The van der Waals surface area contributed by atoms with Crippen LogP contribution in [-0.4, -0.2) is 35.0 Å². The molecule has 0 rings (SSSR count). The van der Waals surface area contributed by atoms with Crippen molar-refractivity contribution in [2.24, 2.45) is 0 Å². The summed E-state index contributed by atoms with van der Waals surface area (Å²) in [5.74, 6) is -0.671. The van der Waals surface area contributed by atoms with E-state index >= 15 is 0 Å². The molecule has 0 bridgehead atoms. The van der Waals surface area contributed by atoms with E-state index in [1.807, 2.05) is 13.8 Å². The minimum atomic E-state index is -0.833. The third kappa shape index (κ3) is 11.7. The van der Waals surface area contributed by atoms with Crippen LogP contribution in [0, 0.1) is 0 Å². The first-order chi connectivity index (χ1) is 5.45. The largest absolute Gasteiger partial charge is 0.481 e. The Morgan fingerprint density at radius 1 is 1.17 bits per heavy atom. The molecule has 0 saturated carbocycles. The summed E-state index contributed by atoms with van der Waals surface area (Å²) in [5.41, 5.74) is 0. The van der Waals surface area contributed by atoms with E-state index in [0.717, 1.165) is 20.0 Å². The lowest BCUT2D eigenvalue weighted by Crippen LogP contribution is -2.27. The van der Waals surface area contributed by atoms with Crippen LogP contribution in [0.3, 0.4) is 0 Å². The fraction of sp³-hybridized carbons (Fsp3) is 0.750. The Labute approximate surface area is 73.2 Å². The first kappa shape index (κ1) is 13.5. The minimum Gasteiger partial charge on any atom is -0.481 e. The van der Waals surface area contributed by atoms with Crippen molar-refractivity contribution in [1.82, 2.24) is 4.90 Å². The number of hydrogen-bond acceptors (Lipinski definition) is 2. The van der Waals surface area contributed by atoms with Gasteiger partial charge in [0.05, 0.1) is 0 Å². The van der Waals surface area contributed by atoms with E-state index in [0.29, 0.717) is 0 Å². The van der Waals surface area contributed by atoms with E-state index < -0.39 is 5.97 Å². The molecular weight excluding hydrogens is 158 g/mol. The van der Waals surface area contributed by atoms with E-state index in [1.54, 1.807) is 11.8 Å². The second-order valence-electron chi connectivity index (χ2n) is 2.21. The van der Waals surface area contributed by atoms with Crippen molar-refractivity contribution in [3.63, 3.8) is 0 Å². The topological polar surface area (TPSA) is 57.6 Å². The molecule has 0 heterocycles. The summed E-state index contributed by atoms with van der Waals surface area (Å²) in [5, 5.41) is 7.42. The number of carbonyl (C=O) groups is 2. The van der Waals surface area contributed by atoms with Gasteiger partial charge < -0.3 is 10.0 Å². The predicted molar refractivity (Wildman–Crippen MR) is 46.9 cm³/mol. The minimum absolute atomic E-state index is 0.162. The highest BCUT2D eigenvalue weighted by Gasteiger charge is 1.99. The summed E-state index contributed by atoms with van der Waals surface area (Å²) < 4.78 is 0. The Hall–Kier alpha value is -1.06. The normalized spacial score (nSPS) is 8.00. The zero-order chi connectivity index (χ0) is 10.1. The van der Waals surface area contributed by atoms with Crippen molar-refractivity contribution in [1.29, 1.82) is 0 Å². The zero-order valence-electron chi connectivity index (χ0n) is 8.13. The van der Waals surface area contributed by atoms with Crippen LogP contribution in [0.15, 0.2) is 0 Å². The van der Waals surface area contributed by atoms with Crippen LogP contribution in [0.1, 0.15) is 27.7 Å². The quantitative estimate of drug-likeness (QED) is 0.680. The molecule has 0 radical (unpaired) electrons. The van der Waals surface area contributed by atoms with Crippen LogP contribution in [0.2, 0.25) is 0 Å². The van der Waals surface area contributed by atoms with Gasteiger partial charge >= 0.3 is 0 Å². The average Bonchev–Trinajstić information content (AvgIpc) is 1.87. The smallest absolute Gasteiger partial charge is 0.300 e. The molecule has 4 nitrogen and oxygen atoms in total. The molecule has 0 unspecified atom stereocenters. The highest BCUT2D eigenvalue weighted by Crippen LogP contribution is 1.84. The molecule has 0 aromatic carbocycles. The summed E-state index contributed by atoms with van der Waals surface area (Å²) in [6.45, 7) is 8.28. The Morgan fingerprint density at radius 3 is 1.42 bits per heavy atom. The fourth-order valence-electron chi connectivity index (χ4n) is 0.669. The van der Waals surface area contributed by atoms with Crippen molar-refractivity contribution < 1.29 is 14.7 Å². The number of carboxylic acid groups (broad SMARTS) is 1. The van der Waals surface area contributed by atoms with E-state index in [4.69, 9.17) is 9.90 Å². The number of carboxylic acids is 1. The second-order valence-corrected chi connectivity index (χ2v) is 2.21. The van der Waals surface area contributed by atoms with Gasteiger partial charge in [0.15, 0.2) is 0 Å². The Bertz CT molecular complexity index is 137. The highest BCUT2D eigenvalue weighted by atomic mass is 16.4. The lowest BCUT2D eigenvalue weighted by Gasteiger charge is -2.14. The maximum Gasteiger partial charge on any atom is 0.300 e. The van der Waals surface area contributed by atoms with E-state index in [1.165, 1.54) is 0 Å². The molecule has 0 aliphatic rings. The molecule has 0 spiro atoms. The SMILES string of the molecule is CC(=O)O.CCN(CC)C(C)=O. The average molecular weight is 175 g/mol. The Morgan fingerprint density at radius 2 is 1.42 bits per heavy atom. The van der Waals surface area contributed by atoms with Crippen molar-refractivity contribution >= 4 is 11.9 Å². The maximum atomic E-state index is 10.5. The Balaban J connectivity index is 0. The molecule has 12 heavy (non-hydrogen) atoms. The number of carbonyl (C=O) groups excluding carboxylic acids is 1. The maximum absolute atomic E-state index is 10.5. The van der Waals surface area contributed by atoms with Crippen LogP contribution >= 0.6 is 0 Å². The van der Waals surface area contributed by atoms with E-state index in [2.05, 4.69) is 0 Å². The fourth-order valence-corrected chi connectivity index (χ4v) is 0.669. The van der Waals surface area contributed by atoms with Gasteiger partial charge in [-0.3, -0.25) is 9.59 Å². The molecule has 4 heteroatoms. The van der Waals surface area contributed by atoms with Crippen molar-refractivity contribution in [2.45, 2.75) is 27.7 Å². The molecule has 0 aliphatic carbocycles. The van der Waals surface area contributed by atoms with Gasteiger partial charge in [-0.1, -0.05) is 0 Å². The third-order valence-corrected chi connectivity index (χ3v) is 1.21. The first-order valence-electron chi connectivity index (χ1n) is 3.90.